The highest BCUT2D eigenvalue weighted by Gasteiger charge is 2.25. The third-order valence-corrected chi connectivity index (χ3v) is 6.39. The van der Waals surface area contributed by atoms with E-state index in [1.165, 1.54) is 4.68 Å². The number of hydrogen-bond donors (Lipinski definition) is 0. The maximum Gasteiger partial charge on any atom is 0.275 e. The van der Waals surface area contributed by atoms with Crippen LogP contribution in [0, 0.1) is 11.3 Å². The molecule has 174 valence electrons. The first kappa shape index (κ1) is 22.4. The largest absolute Gasteiger partial charge is 0.370 e. The van der Waals surface area contributed by atoms with E-state index in [1.807, 2.05) is 71.6 Å². The number of hydrogen-bond acceptors (Lipinski definition) is 5. The molecule has 35 heavy (non-hydrogen) atoms. The highest BCUT2D eigenvalue weighted by Crippen LogP contribution is 2.20. The number of anilines is 1. The van der Waals surface area contributed by atoms with Crippen LogP contribution in [-0.2, 0) is 6.54 Å². The van der Waals surface area contributed by atoms with Crippen molar-refractivity contribution in [3.8, 4) is 6.07 Å². The molecule has 3 aromatic carbocycles. The average molecular weight is 464 g/mol. The van der Waals surface area contributed by atoms with Crippen LogP contribution in [0.4, 0.5) is 5.69 Å². The van der Waals surface area contributed by atoms with Crippen LogP contribution in [-0.4, -0.2) is 46.8 Å². The van der Waals surface area contributed by atoms with Gasteiger partial charge < -0.3 is 9.80 Å². The fourth-order valence-electron chi connectivity index (χ4n) is 4.53. The zero-order valence-electron chi connectivity index (χ0n) is 19.3. The number of benzene rings is 3. The standard InChI is InChI=1S/C28H25N5O2/c29-19-21-11-13-23(14-12-21)31-15-6-16-32(18-17-31)28(35)26-24-9-4-5-10-25(24)27(34)33(30-26)20-22-7-2-1-3-8-22/h1-5,7-14H,6,15-18,20H2. The monoisotopic (exact) mass is 463 g/mol. The Labute approximate surface area is 203 Å². The second-order valence-corrected chi connectivity index (χ2v) is 8.63. The summed E-state index contributed by atoms with van der Waals surface area (Å²) >= 11 is 0. The Bertz CT molecular complexity index is 1460. The molecule has 0 atom stereocenters. The minimum absolute atomic E-state index is 0.162. The number of nitrogens with zero attached hydrogens (tertiary/aromatic N) is 5. The van der Waals surface area contributed by atoms with Crippen molar-refractivity contribution in [3.63, 3.8) is 0 Å². The van der Waals surface area contributed by atoms with Crippen LogP contribution >= 0.6 is 0 Å². The first-order valence-corrected chi connectivity index (χ1v) is 11.7. The molecule has 0 unspecified atom stereocenters. The molecule has 2 heterocycles. The maximum absolute atomic E-state index is 13.7. The third-order valence-electron chi connectivity index (χ3n) is 6.39. The predicted molar refractivity (Wildman–Crippen MR) is 135 cm³/mol. The number of nitriles is 1. The summed E-state index contributed by atoms with van der Waals surface area (Å²) in [6.07, 6.45) is 0.813. The zero-order valence-corrected chi connectivity index (χ0v) is 19.3. The molecule has 7 nitrogen and oxygen atoms in total. The van der Waals surface area contributed by atoms with Crippen LogP contribution in [0.15, 0.2) is 83.7 Å². The Morgan fingerprint density at radius 1 is 0.857 bits per heavy atom. The fourth-order valence-corrected chi connectivity index (χ4v) is 4.53. The van der Waals surface area contributed by atoms with E-state index in [9.17, 15) is 9.59 Å². The number of carbonyl (C=O) groups excluding carboxylic acids is 1. The van der Waals surface area contributed by atoms with E-state index in [4.69, 9.17) is 5.26 Å². The Balaban J connectivity index is 1.43. The van der Waals surface area contributed by atoms with Gasteiger partial charge in [0.2, 0.25) is 0 Å². The molecule has 4 aromatic rings. The van der Waals surface area contributed by atoms with Gasteiger partial charge in [-0.15, -0.1) is 0 Å². The topological polar surface area (TPSA) is 82.2 Å². The summed E-state index contributed by atoms with van der Waals surface area (Å²) in [5.74, 6) is -0.162. The smallest absolute Gasteiger partial charge is 0.275 e. The quantitative estimate of drug-likeness (QED) is 0.461. The summed E-state index contributed by atoms with van der Waals surface area (Å²) in [6, 6.07) is 26.5. The van der Waals surface area contributed by atoms with Crippen molar-refractivity contribution in [1.29, 1.82) is 5.26 Å². The van der Waals surface area contributed by atoms with Crippen molar-refractivity contribution in [2.45, 2.75) is 13.0 Å². The number of carbonyl (C=O) groups is 1. The Morgan fingerprint density at radius 2 is 1.57 bits per heavy atom. The summed E-state index contributed by atoms with van der Waals surface area (Å²) < 4.78 is 1.39. The molecule has 1 aliphatic rings. The van der Waals surface area contributed by atoms with Crippen LogP contribution in [0.5, 0.6) is 0 Å². The van der Waals surface area contributed by atoms with E-state index >= 15 is 0 Å². The van der Waals surface area contributed by atoms with Gasteiger partial charge in [-0.05, 0) is 42.3 Å². The summed E-state index contributed by atoms with van der Waals surface area (Å²) in [6.45, 7) is 2.96. The molecular formula is C28H25N5O2. The third kappa shape index (κ3) is 4.64. The van der Waals surface area contributed by atoms with Crippen LogP contribution in [0.1, 0.15) is 28.0 Å². The van der Waals surface area contributed by atoms with Gasteiger partial charge in [0.05, 0.1) is 23.6 Å². The summed E-state index contributed by atoms with van der Waals surface area (Å²) in [4.78, 5) is 30.9. The molecule has 5 rings (SSSR count). The fraction of sp³-hybridized carbons (Fsp3) is 0.214. The van der Waals surface area contributed by atoms with Gasteiger partial charge in [0, 0.05) is 37.3 Å². The summed E-state index contributed by atoms with van der Waals surface area (Å²) in [5, 5.41) is 14.7. The zero-order chi connectivity index (χ0) is 24.2. The van der Waals surface area contributed by atoms with Gasteiger partial charge in [-0.2, -0.15) is 10.4 Å². The highest BCUT2D eigenvalue weighted by molar-refractivity contribution is 6.04. The van der Waals surface area contributed by atoms with Gasteiger partial charge in [0.1, 0.15) is 0 Å². The van der Waals surface area contributed by atoms with E-state index in [0.29, 0.717) is 48.2 Å². The van der Waals surface area contributed by atoms with Gasteiger partial charge in [-0.1, -0.05) is 48.5 Å². The Kier molecular flexibility index (Phi) is 6.27. The molecule has 1 aliphatic heterocycles. The van der Waals surface area contributed by atoms with Crippen molar-refractivity contribution in [1.82, 2.24) is 14.7 Å². The van der Waals surface area contributed by atoms with Crippen molar-refractivity contribution in [2.24, 2.45) is 0 Å². The molecule has 0 saturated carbocycles. The first-order valence-electron chi connectivity index (χ1n) is 11.7. The minimum Gasteiger partial charge on any atom is -0.370 e. The van der Waals surface area contributed by atoms with Crippen LogP contribution in [0.2, 0.25) is 0 Å². The van der Waals surface area contributed by atoms with Gasteiger partial charge in [0.15, 0.2) is 5.69 Å². The molecule has 0 aliphatic carbocycles. The molecule has 1 aromatic heterocycles. The lowest BCUT2D eigenvalue weighted by atomic mass is 10.1. The summed E-state index contributed by atoms with van der Waals surface area (Å²) in [7, 11) is 0. The highest BCUT2D eigenvalue weighted by atomic mass is 16.2. The molecule has 0 N–H and O–H groups in total. The molecule has 1 saturated heterocycles. The van der Waals surface area contributed by atoms with E-state index in [0.717, 1.165) is 24.2 Å². The van der Waals surface area contributed by atoms with Crippen molar-refractivity contribution >= 4 is 22.4 Å². The maximum atomic E-state index is 13.7. The van der Waals surface area contributed by atoms with Gasteiger partial charge in [0.25, 0.3) is 11.5 Å². The molecule has 0 bridgehead atoms. The lowest BCUT2D eigenvalue weighted by molar-refractivity contribution is 0.0760. The van der Waals surface area contributed by atoms with Crippen LogP contribution in [0.25, 0.3) is 10.8 Å². The van der Waals surface area contributed by atoms with Gasteiger partial charge in [-0.25, -0.2) is 4.68 Å². The Hall–Kier alpha value is -4.44. The van der Waals surface area contributed by atoms with E-state index < -0.39 is 0 Å². The number of aromatic nitrogens is 2. The molecular weight excluding hydrogens is 438 g/mol. The Morgan fingerprint density at radius 3 is 2.31 bits per heavy atom. The summed E-state index contributed by atoms with van der Waals surface area (Å²) in [5.41, 5.74) is 2.72. The number of fused-ring (bicyclic) bond motifs is 1. The lowest BCUT2D eigenvalue weighted by Crippen LogP contribution is -2.37. The van der Waals surface area contributed by atoms with Crippen molar-refractivity contribution in [3.05, 3.63) is 106 Å². The lowest BCUT2D eigenvalue weighted by Gasteiger charge is -2.24. The minimum atomic E-state index is -0.205. The van der Waals surface area contributed by atoms with Gasteiger partial charge in [-0.3, -0.25) is 9.59 Å². The molecule has 1 amide bonds. The van der Waals surface area contributed by atoms with Crippen molar-refractivity contribution in [2.75, 3.05) is 31.1 Å². The molecule has 0 spiro atoms. The van der Waals surface area contributed by atoms with E-state index in [-0.39, 0.29) is 11.5 Å². The van der Waals surface area contributed by atoms with E-state index in [1.54, 1.807) is 12.1 Å². The number of amides is 1. The normalized spacial score (nSPS) is 13.9. The average Bonchev–Trinajstić information content (AvgIpc) is 3.17. The number of rotatable bonds is 4. The predicted octanol–water partition coefficient (Wildman–Crippen LogP) is 3.67. The van der Waals surface area contributed by atoms with Crippen LogP contribution < -0.4 is 10.5 Å². The second-order valence-electron chi connectivity index (χ2n) is 8.63. The molecule has 7 heteroatoms. The first-order chi connectivity index (χ1) is 17.1. The molecule has 0 radical (unpaired) electrons. The van der Waals surface area contributed by atoms with Crippen LogP contribution in [0.3, 0.4) is 0 Å². The molecule has 1 fully saturated rings. The van der Waals surface area contributed by atoms with Crippen molar-refractivity contribution < 1.29 is 4.79 Å². The second kappa shape index (κ2) is 9.82. The SMILES string of the molecule is N#Cc1ccc(N2CCCN(C(=O)c3nn(Cc4ccccc4)c(=O)c4ccccc34)CC2)cc1. The van der Waals surface area contributed by atoms with Gasteiger partial charge >= 0.3 is 0 Å². The van der Waals surface area contributed by atoms with E-state index in [2.05, 4.69) is 16.1 Å².